The maximum atomic E-state index is 13.5. The minimum absolute atomic E-state index is 0. The molecule has 144 valence electrons. The molecule has 0 bridgehead atoms. The van der Waals surface area contributed by atoms with Gasteiger partial charge >= 0.3 is 0 Å². The molecular formula is C18H32FIN4O. The van der Waals surface area contributed by atoms with Crippen molar-refractivity contribution in [2.24, 2.45) is 4.99 Å². The fourth-order valence-electron chi connectivity index (χ4n) is 2.41. The van der Waals surface area contributed by atoms with E-state index in [1.54, 1.807) is 19.2 Å². The summed E-state index contributed by atoms with van der Waals surface area (Å²) in [4.78, 5) is 6.30. The molecule has 1 aromatic carbocycles. The number of hydrogen-bond donors (Lipinski definition) is 2. The van der Waals surface area contributed by atoms with Crippen molar-refractivity contribution >= 4 is 29.9 Å². The molecule has 0 aliphatic carbocycles. The first-order valence-corrected chi connectivity index (χ1v) is 8.52. The number of aliphatic imine (C=N–C) groups is 1. The zero-order chi connectivity index (χ0) is 17.8. The molecule has 0 heterocycles. The van der Waals surface area contributed by atoms with E-state index in [1.165, 1.54) is 6.07 Å². The molecule has 1 unspecified atom stereocenters. The summed E-state index contributed by atoms with van der Waals surface area (Å²) in [5, 5.41) is 6.61. The Bertz CT molecular complexity index is 500. The van der Waals surface area contributed by atoms with Gasteiger partial charge in [0.1, 0.15) is 5.82 Å². The largest absolute Gasteiger partial charge is 0.382 e. The third-order valence-corrected chi connectivity index (χ3v) is 3.76. The molecule has 7 heteroatoms. The third kappa shape index (κ3) is 9.96. The molecule has 0 spiro atoms. The van der Waals surface area contributed by atoms with Crippen molar-refractivity contribution in [1.82, 2.24) is 15.5 Å². The summed E-state index contributed by atoms with van der Waals surface area (Å²) in [6, 6.07) is 6.80. The molecule has 0 saturated carbocycles. The monoisotopic (exact) mass is 466 g/mol. The van der Waals surface area contributed by atoms with Crippen LogP contribution in [0, 0.1) is 5.82 Å². The van der Waals surface area contributed by atoms with Crippen LogP contribution in [0.15, 0.2) is 29.3 Å². The molecule has 0 amide bonds. The van der Waals surface area contributed by atoms with E-state index in [0.29, 0.717) is 6.54 Å². The van der Waals surface area contributed by atoms with Crippen LogP contribution >= 0.6 is 24.0 Å². The number of likely N-dealkylation sites (N-methyl/N-ethyl adjacent to an activating group) is 1. The second kappa shape index (κ2) is 14.3. The lowest BCUT2D eigenvalue weighted by Crippen LogP contribution is -2.42. The predicted octanol–water partition coefficient (Wildman–Crippen LogP) is 3.03. The average molecular weight is 466 g/mol. The first kappa shape index (κ1) is 24.1. The topological polar surface area (TPSA) is 48.9 Å². The number of ether oxygens (including phenoxy) is 1. The summed E-state index contributed by atoms with van der Waals surface area (Å²) in [6.07, 6.45) is 2.06. The van der Waals surface area contributed by atoms with Crippen LogP contribution in [0.2, 0.25) is 0 Å². The molecule has 0 fully saturated rings. The van der Waals surface area contributed by atoms with Crippen LogP contribution < -0.4 is 10.6 Å². The highest BCUT2D eigenvalue weighted by Crippen LogP contribution is 2.18. The number of guanidine groups is 1. The van der Waals surface area contributed by atoms with Crippen molar-refractivity contribution in [3.8, 4) is 0 Å². The van der Waals surface area contributed by atoms with Crippen molar-refractivity contribution < 1.29 is 9.13 Å². The Labute approximate surface area is 168 Å². The predicted molar refractivity (Wildman–Crippen MR) is 113 cm³/mol. The molecule has 2 N–H and O–H groups in total. The van der Waals surface area contributed by atoms with E-state index in [9.17, 15) is 4.39 Å². The van der Waals surface area contributed by atoms with Crippen LogP contribution in [0.3, 0.4) is 0 Å². The van der Waals surface area contributed by atoms with Crippen LogP contribution in [0.5, 0.6) is 0 Å². The molecule has 5 nitrogen and oxygen atoms in total. The zero-order valence-corrected chi connectivity index (χ0v) is 18.0. The van der Waals surface area contributed by atoms with Crippen molar-refractivity contribution in [2.45, 2.75) is 25.8 Å². The van der Waals surface area contributed by atoms with E-state index in [1.807, 2.05) is 27.1 Å². The summed E-state index contributed by atoms with van der Waals surface area (Å²) >= 11 is 0. The van der Waals surface area contributed by atoms with E-state index in [0.717, 1.165) is 44.1 Å². The van der Waals surface area contributed by atoms with E-state index < -0.39 is 0 Å². The highest BCUT2D eigenvalue weighted by atomic mass is 127. The van der Waals surface area contributed by atoms with Crippen LogP contribution in [0.4, 0.5) is 4.39 Å². The SMILES string of the molecule is CCOCCCCNC(=NC)NCC(c1cccc(F)c1)N(C)C.I. The average Bonchev–Trinajstić information content (AvgIpc) is 2.56. The van der Waals surface area contributed by atoms with E-state index in [4.69, 9.17) is 4.74 Å². The number of hydrogen-bond acceptors (Lipinski definition) is 3. The Morgan fingerprint density at radius 1 is 1.28 bits per heavy atom. The number of nitrogens with zero attached hydrogens (tertiary/aromatic N) is 2. The van der Waals surface area contributed by atoms with E-state index in [2.05, 4.69) is 20.5 Å². The molecule has 0 saturated heterocycles. The molecule has 1 aromatic rings. The van der Waals surface area contributed by atoms with Gasteiger partial charge in [-0.2, -0.15) is 0 Å². The van der Waals surface area contributed by atoms with Gasteiger partial charge in [0.15, 0.2) is 5.96 Å². The lowest BCUT2D eigenvalue weighted by atomic mass is 10.1. The number of nitrogens with one attached hydrogen (secondary N) is 2. The van der Waals surface area contributed by atoms with Crippen LogP contribution in [0.25, 0.3) is 0 Å². The standard InChI is InChI=1S/C18H31FN4O.HI/c1-5-24-12-7-6-11-21-18(20-2)22-14-17(23(3)4)15-9-8-10-16(19)13-15;/h8-10,13,17H,5-7,11-12,14H2,1-4H3,(H2,20,21,22);1H. The summed E-state index contributed by atoms with van der Waals surface area (Å²) in [7, 11) is 5.73. The fraction of sp³-hybridized carbons (Fsp3) is 0.611. The lowest BCUT2D eigenvalue weighted by Gasteiger charge is -2.26. The Morgan fingerprint density at radius 3 is 2.64 bits per heavy atom. The van der Waals surface area contributed by atoms with E-state index >= 15 is 0 Å². The first-order valence-electron chi connectivity index (χ1n) is 8.52. The van der Waals surface area contributed by atoms with Gasteiger partial charge in [-0.15, -0.1) is 24.0 Å². The molecule has 0 aromatic heterocycles. The molecule has 1 atom stereocenters. The Balaban J connectivity index is 0.00000576. The van der Waals surface area contributed by atoms with Gasteiger partial charge in [-0.1, -0.05) is 12.1 Å². The Morgan fingerprint density at radius 2 is 2.04 bits per heavy atom. The smallest absolute Gasteiger partial charge is 0.191 e. The number of unbranched alkanes of at least 4 members (excludes halogenated alkanes) is 1. The van der Waals surface area contributed by atoms with Gasteiger partial charge in [-0.3, -0.25) is 4.99 Å². The normalized spacial score (nSPS) is 12.6. The maximum Gasteiger partial charge on any atom is 0.191 e. The van der Waals surface area contributed by atoms with Gasteiger partial charge in [0.2, 0.25) is 0 Å². The summed E-state index contributed by atoms with van der Waals surface area (Å²) in [5.74, 6) is 0.547. The van der Waals surface area contributed by atoms with Crippen molar-refractivity contribution in [1.29, 1.82) is 0 Å². The molecule has 0 aliphatic rings. The van der Waals surface area contributed by atoms with Crippen LogP contribution in [-0.4, -0.2) is 58.3 Å². The third-order valence-electron chi connectivity index (χ3n) is 3.76. The second-order valence-corrected chi connectivity index (χ2v) is 5.82. The van der Waals surface area contributed by atoms with Gasteiger partial charge in [0, 0.05) is 33.4 Å². The zero-order valence-electron chi connectivity index (χ0n) is 15.7. The van der Waals surface area contributed by atoms with Gasteiger partial charge in [0.05, 0.1) is 6.04 Å². The Kier molecular flexibility index (Phi) is 13.7. The Hall–Kier alpha value is -0.930. The second-order valence-electron chi connectivity index (χ2n) is 5.82. The van der Waals surface area contributed by atoms with Gasteiger partial charge in [-0.25, -0.2) is 4.39 Å². The van der Waals surface area contributed by atoms with Crippen LogP contribution in [0.1, 0.15) is 31.4 Å². The van der Waals surface area contributed by atoms with Crippen molar-refractivity contribution in [2.75, 3.05) is 47.4 Å². The summed E-state index contributed by atoms with van der Waals surface area (Å²) in [6.45, 7) is 5.06. The molecular weight excluding hydrogens is 434 g/mol. The minimum atomic E-state index is -0.212. The van der Waals surface area contributed by atoms with Crippen LogP contribution in [-0.2, 0) is 4.74 Å². The number of benzene rings is 1. The van der Waals surface area contributed by atoms with Gasteiger partial charge in [-0.05, 0) is 51.6 Å². The molecule has 0 aliphatic heterocycles. The van der Waals surface area contributed by atoms with Crippen molar-refractivity contribution in [3.63, 3.8) is 0 Å². The lowest BCUT2D eigenvalue weighted by molar-refractivity contribution is 0.143. The number of halogens is 2. The fourth-order valence-corrected chi connectivity index (χ4v) is 2.41. The highest BCUT2D eigenvalue weighted by molar-refractivity contribution is 14.0. The first-order chi connectivity index (χ1) is 11.6. The summed E-state index contributed by atoms with van der Waals surface area (Å²) < 4.78 is 18.8. The molecule has 0 radical (unpaired) electrons. The summed E-state index contributed by atoms with van der Waals surface area (Å²) in [5.41, 5.74) is 0.944. The number of rotatable bonds is 10. The van der Waals surface area contributed by atoms with Gasteiger partial charge in [0.25, 0.3) is 0 Å². The van der Waals surface area contributed by atoms with Crippen molar-refractivity contribution in [3.05, 3.63) is 35.6 Å². The quantitative estimate of drug-likeness (QED) is 0.241. The molecule has 25 heavy (non-hydrogen) atoms. The maximum absolute atomic E-state index is 13.5. The highest BCUT2D eigenvalue weighted by Gasteiger charge is 2.15. The van der Waals surface area contributed by atoms with E-state index in [-0.39, 0.29) is 35.8 Å². The minimum Gasteiger partial charge on any atom is -0.382 e. The van der Waals surface area contributed by atoms with Gasteiger partial charge < -0.3 is 20.3 Å². The molecule has 1 rings (SSSR count).